The molecule has 1 spiro atoms. The zero-order valence-corrected chi connectivity index (χ0v) is 15.2. The minimum atomic E-state index is -0.322. The molecule has 0 aliphatic carbocycles. The fourth-order valence-corrected chi connectivity index (χ4v) is 4.61. The maximum Gasteiger partial charge on any atom is 0.236 e. The van der Waals surface area contributed by atoms with E-state index in [1.165, 1.54) is 5.56 Å². The van der Waals surface area contributed by atoms with Gasteiger partial charge >= 0.3 is 0 Å². The first-order valence-electron chi connectivity index (χ1n) is 9.60. The number of morpholine rings is 1. The number of nitrogens with zero attached hydrogens (tertiary/aromatic N) is 2. The van der Waals surface area contributed by atoms with E-state index in [4.69, 9.17) is 4.74 Å². The summed E-state index contributed by atoms with van der Waals surface area (Å²) in [5.74, 6) is 0.422. The molecule has 3 heterocycles. The molecule has 140 valence electrons. The van der Waals surface area contributed by atoms with Crippen LogP contribution in [0.3, 0.4) is 0 Å². The minimum Gasteiger partial charge on any atom is -0.379 e. The van der Waals surface area contributed by atoms with Gasteiger partial charge in [0.05, 0.1) is 25.3 Å². The van der Waals surface area contributed by atoms with E-state index in [0.717, 1.165) is 25.9 Å². The molecule has 2 amide bonds. The molecule has 1 aromatic rings. The molecule has 0 bridgehead atoms. The van der Waals surface area contributed by atoms with Gasteiger partial charge in [-0.1, -0.05) is 30.3 Å². The maximum atomic E-state index is 12.9. The number of nitrogens with one attached hydrogen (secondary N) is 1. The Morgan fingerprint density at radius 2 is 2.00 bits per heavy atom. The van der Waals surface area contributed by atoms with E-state index >= 15 is 0 Å². The second-order valence-corrected chi connectivity index (χ2v) is 7.68. The van der Waals surface area contributed by atoms with Crippen LogP contribution >= 0.6 is 0 Å². The molecule has 3 aliphatic rings. The van der Waals surface area contributed by atoms with Gasteiger partial charge in [0.15, 0.2) is 0 Å². The Balaban J connectivity index is 1.53. The van der Waals surface area contributed by atoms with Crippen molar-refractivity contribution in [2.45, 2.75) is 30.7 Å². The molecule has 0 aromatic heterocycles. The smallest absolute Gasteiger partial charge is 0.236 e. The highest BCUT2D eigenvalue weighted by Crippen LogP contribution is 2.41. The van der Waals surface area contributed by atoms with Gasteiger partial charge in [-0.3, -0.25) is 14.5 Å². The molecule has 26 heavy (non-hydrogen) atoms. The molecule has 1 N–H and O–H groups in total. The van der Waals surface area contributed by atoms with Crippen LogP contribution in [0.15, 0.2) is 30.3 Å². The van der Waals surface area contributed by atoms with Crippen molar-refractivity contribution in [1.29, 1.82) is 0 Å². The number of likely N-dealkylation sites (tertiary alicyclic amines) is 1. The van der Waals surface area contributed by atoms with Crippen LogP contribution in [0.25, 0.3) is 0 Å². The molecular weight excluding hydrogens is 330 g/mol. The predicted octanol–water partition coefficient (Wildman–Crippen LogP) is 0.984. The standard InChI is InChI=1S/C20H27N3O3/c24-18-7-4-8-20(21-18)15-23(13-17(20)16-5-2-1-3-6-16)19(25)14-22-9-11-26-12-10-22/h1-3,5-6,17H,4,7-15H2,(H,21,24)/t17-,20+/m0/s1. The number of benzene rings is 1. The van der Waals surface area contributed by atoms with Gasteiger partial charge in [0.25, 0.3) is 0 Å². The van der Waals surface area contributed by atoms with Gasteiger partial charge in [-0.25, -0.2) is 0 Å². The molecule has 0 unspecified atom stereocenters. The van der Waals surface area contributed by atoms with Gasteiger partial charge in [-0.15, -0.1) is 0 Å². The Bertz CT molecular complexity index is 660. The lowest BCUT2D eigenvalue weighted by Gasteiger charge is -2.39. The summed E-state index contributed by atoms with van der Waals surface area (Å²) in [6, 6.07) is 10.3. The summed E-state index contributed by atoms with van der Waals surface area (Å²) in [6.45, 7) is 4.73. The van der Waals surface area contributed by atoms with Crippen molar-refractivity contribution in [3.05, 3.63) is 35.9 Å². The molecule has 4 rings (SSSR count). The number of rotatable bonds is 3. The molecule has 0 saturated carbocycles. The summed E-state index contributed by atoms with van der Waals surface area (Å²) in [4.78, 5) is 29.2. The molecule has 6 nitrogen and oxygen atoms in total. The van der Waals surface area contributed by atoms with Crippen molar-refractivity contribution in [2.24, 2.45) is 0 Å². The second-order valence-electron chi connectivity index (χ2n) is 7.68. The number of carbonyl (C=O) groups excluding carboxylic acids is 2. The van der Waals surface area contributed by atoms with Crippen molar-refractivity contribution in [3.8, 4) is 0 Å². The van der Waals surface area contributed by atoms with Crippen LogP contribution < -0.4 is 5.32 Å². The second kappa shape index (κ2) is 7.37. The van der Waals surface area contributed by atoms with Gasteiger partial charge in [0.1, 0.15) is 0 Å². The number of hydrogen-bond acceptors (Lipinski definition) is 4. The fraction of sp³-hybridized carbons (Fsp3) is 0.600. The first-order chi connectivity index (χ1) is 12.7. The number of amides is 2. The summed E-state index contributed by atoms with van der Waals surface area (Å²) in [7, 11) is 0. The zero-order valence-electron chi connectivity index (χ0n) is 15.2. The van der Waals surface area contributed by atoms with E-state index in [0.29, 0.717) is 39.3 Å². The van der Waals surface area contributed by atoms with Gasteiger partial charge in [0, 0.05) is 38.5 Å². The van der Waals surface area contributed by atoms with Crippen LogP contribution in [0, 0.1) is 0 Å². The van der Waals surface area contributed by atoms with E-state index in [1.54, 1.807) is 0 Å². The maximum absolute atomic E-state index is 12.9. The predicted molar refractivity (Wildman–Crippen MR) is 97.7 cm³/mol. The average Bonchev–Trinajstić information content (AvgIpc) is 3.02. The van der Waals surface area contributed by atoms with E-state index in [-0.39, 0.29) is 23.3 Å². The number of piperidine rings is 1. The van der Waals surface area contributed by atoms with Crippen molar-refractivity contribution >= 4 is 11.8 Å². The third kappa shape index (κ3) is 3.48. The third-order valence-electron chi connectivity index (χ3n) is 5.98. The molecule has 6 heteroatoms. The van der Waals surface area contributed by atoms with Gasteiger partial charge in [-0.2, -0.15) is 0 Å². The van der Waals surface area contributed by atoms with Crippen LogP contribution in [-0.4, -0.2) is 73.1 Å². The first-order valence-corrected chi connectivity index (χ1v) is 9.60. The molecule has 0 radical (unpaired) electrons. The molecule has 3 aliphatic heterocycles. The zero-order chi connectivity index (χ0) is 18.0. The summed E-state index contributed by atoms with van der Waals surface area (Å²) in [5, 5.41) is 3.26. The Labute approximate surface area is 154 Å². The van der Waals surface area contributed by atoms with E-state index in [1.807, 2.05) is 23.1 Å². The number of carbonyl (C=O) groups is 2. The van der Waals surface area contributed by atoms with Crippen LogP contribution in [0.4, 0.5) is 0 Å². The SMILES string of the molecule is O=C1CCC[C@]2(CN(C(=O)CN3CCOCC3)C[C@H]2c2ccccc2)N1. The van der Waals surface area contributed by atoms with Crippen LogP contribution in [0.5, 0.6) is 0 Å². The average molecular weight is 357 g/mol. The quantitative estimate of drug-likeness (QED) is 0.876. The monoisotopic (exact) mass is 357 g/mol. The summed E-state index contributed by atoms with van der Waals surface area (Å²) < 4.78 is 5.37. The van der Waals surface area contributed by atoms with E-state index < -0.39 is 0 Å². The Hall–Kier alpha value is -1.92. The molecule has 3 fully saturated rings. The molecule has 2 atom stereocenters. The van der Waals surface area contributed by atoms with Crippen LogP contribution in [0.1, 0.15) is 30.7 Å². The van der Waals surface area contributed by atoms with Gasteiger partial charge < -0.3 is 15.0 Å². The fourth-order valence-electron chi connectivity index (χ4n) is 4.61. The highest BCUT2D eigenvalue weighted by atomic mass is 16.5. The van der Waals surface area contributed by atoms with Crippen molar-refractivity contribution in [2.75, 3.05) is 45.9 Å². The van der Waals surface area contributed by atoms with Crippen molar-refractivity contribution in [3.63, 3.8) is 0 Å². The number of ether oxygens (including phenoxy) is 1. The van der Waals surface area contributed by atoms with Gasteiger partial charge in [-0.05, 0) is 18.4 Å². The minimum absolute atomic E-state index is 0.111. The molecular formula is C20H27N3O3. The third-order valence-corrected chi connectivity index (χ3v) is 5.98. The van der Waals surface area contributed by atoms with Crippen molar-refractivity contribution < 1.29 is 14.3 Å². The Morgan fingerprint density at radius 3 is 2.73 bits per heavy atom. The van der Waals surface area contributed by atoms with Gasteiger partial charge in [0.2, 0.25) is 11.8 Å². The molecule has 1 aromatic carbocycles. The first kappa shape index (κ1) is 17.5. The highest BCUT2D eigenvalue weighted by Gasteiger charge is 2.50. The van der Waals surface area contributed by atoms with Crippen molar-refractivity contribution in [1.82, 2.24) is 15.1 Å². The van der Waals surface area contributed by atoms with Crippen LogP contribution in [0.2, 0.25) is 0 Å². The normalized spacial score (nSPS) is 29.8. The number of hydrogen-bond donors (Lipinski definition) is 1. The van der Waals surface area contributed by atoms with E-state index in [9.17, 15) is 9.59 Å². The lowest BCUT2D eigenvalue weighted by atomic mass is 9.76. The Morgan fingerprint density at radius 1 is 1.23 bits per heavy atom. The lowest BCUT2D eigenvalue weighted by Crippen LogP contribution is -2.56. The Kier molecular flexibility index (Phi) is 4.96. The highest BCUT2D eigenvalue weighted by molar-refractivity contribution is 5.81. The summed E-state index contributed by atoms with van der Waals surface area (Å²) in [6.07, 6.45) is 2.41. The lowest BCUT2D eigenvalue weighted by molar-refractivity contribution is -0.133. The topological polar surface area (TPSA) is 61.9 Å². The largest absolute Gasteiger partial charge is 0.379 e. The summed E-state index contributed by atoms with van der Waals surface area (Å²) >= 11 is 0. The van der Waals surface area contributed by atoms with E-state index in [2.05, 4.69) is 22.3 Å². The van der Waals surface area contributed by atoms with Crippen LogP contribution in [-0.2, 0) is 14.3 Å². The summed E-state index contributed by atoms with van der Waals surface area (Å²) in [5.41, 5.74) is 0.883. The molecule has 3 saturated heterocycles.